The van der Waals surface area contributed by atoms with Crippen LogP contribution in [0.25, 0.3) is 83.4 Å². The van der Waals surface area contributed by atoms with Gasteiger partial charge in [-0.3, -0.25) is 4.57 Å². The Balaban J connectivity index is 0.00000529. The van der Waals surface area contributed by atoms with E-state index in [1.807, 2.05) is 24.4 Å². The van der Waals surface area contributed by atoms with Gasteiger partial charge in [0.1, 0.15) is 5.82 Å². The Morgan fingerprint density at radius 3 is 1.86 bits per heavy atom. The van der Waals surface area contributed by atoms with Crippen LogP contribution in [0.3, 0.4) is 0 Å². The smallest absolute Gasteiger partial charge is 0.268 e. The van der Waals surface area contributed by atoms with Gasteiger partial charge in [0.25, 0.3) is 6.33 Å². The zero-order valence-electron chi connectivity index (χ0n) is 43.0. The van der Waals surface area contributed by atoms with E-state index in [-0.39, 0.29) is 32.4 Å². The van der Waals surface area contributed by atoms with E-state index in [2.05, 4.69) is 259 Å². The predicted molar refractivity (Wildman–Crippen MR) is 308 cm³/mol. The molecule has 78 heavy (non-hydrogen) atoms. The van der Waals surface area contributed by atoms with Crippen LogP contribution in [0.15, 0.2) is 231 Å². The van der Waals surface area contributed by atoms with E-state index in [1.165, 1.54) is 55.6 Å². The average molecular weight is 1180 g/mol. The molecule has 2 bridgehead atoms. The summed E-state index contributed by atoms with van der Waals surface area (Å²) in [4.78, 5) is 4.89. The van der Waals surface area contributed by atoms with Crippen LogP contribution in [0, 0.1) is 18.5 Å². The zero-order valence-corrected chi connectivity index (χ0v) is 45.3. The van der Waals surface area contributed by atoms with Crippen molar-refractivity contribution in [3.63, 3.8) is 0 Å². The van der Waals surface area contributed by atoms with Crippen LogP contribution < -0.4 is 9.30 Å². The quantitative estimate of drug-likeness (QED) is 0.127. The standard InChI is InChI=1S/C72H48N4O.Pt/c1-71(2,3)45-38-39-73-68(41-45)76-65-32-15-10-23-54(65)55-37-35-49(43-67(55)76)77-48-19-16-18-47(42-48)74-44-75-64-31-14-9-22-53(64)50-20-4-5-21-51(50)60-40-46(34-36-52(60)56-27-17-33-66(74)70(56)75)72-61-28-11-6-24-57(61)69(58-25-7-12-29-62(58)72)59-26-8-13-30-63(59)72;/h4-41,69H,1-3H3;/q-2;. The van der Waals surface area contributed by atoms with Gasteiger partial charge in [0.2, 0.25) is 0 Å². The van der Waals surface area contributed by atoms with Crippen LogP contribution in [0.2, 0.25) is 0 Å². The summed E-state index contributed by atoms with van der Waals surface area (Å²) in [5.41, 5.74) is 22.9. The number of ether oxygens (including phenoxy) is 1. The van der Waals surface area contributed by atoms with Gasteiger partial charge in [-0.05, 0) is 125 Å². The summed E-state index contributed by atoms with van der Waals surface area (Å²) in [6.45, 7) is 6.69. The SMILES string of the molecule is CC(C)(C)c1ccnc(-n2c3[c-]c(Oc4[c-]c(-n5[c-][n+]6c7c(cccc75)-c5ccc(C78c9ccccc9C(c9ccccc97)c7ccccc78)cc5-c5ccccc5-c5ccccc5-6)ccc4)ccc3c3ccccc32)c1.[Pt]. The molecule has 0 radical (unpaired) electrons. The molecule has 0 saturated heterocycles. The summed E-state index contributed by atoms with van der Waals surface area (Å²) in [5, 5.41) is 2.22. The zero-order chi connectivity index (χ0) is 51.1. The summed E-state index contributed by atoms with van der Waals surface area (Å²) >= 11 is 0. The van der Waals surface area contributed by atoms with Crippen molar-refractivity contribution in [3.05, 3.63) is 294 Å². The molecule has 374 valence electrons. The Hall–Kier alpha value is -8.89. The molecule has 0 unspecified atom stereocenters. The van der Waals surface area contributed by atoms with E-state index in [1.54, 1.807) is 0 Å². The first-order valence-corrected chi connectivity index (χ1v) is 26.6. The van der Waals surface area contributed by atoms with Gasteiger partial charge >= 0.3 is 0 Å². The van der Waals surface area contributed by atoms with Crippen molar-refractivity contribution < 1.29 is 30.4 Å². The third-order valence-corrected chi connectivity index (χ3v) is 16.7. The van der Waals surface area contributed by atoms with Crippen LogP contribution in [-0.2, 0) is 31.9 Å². The fourth-order valence-corrected chi connectivity index (χ4v) is 13.4. The van der Waals surface area contributed by atoms with Crippen molar-refractivity contribution in [3.8, 4) is 62.1 Å². The third-order valence-electron chi connectivity index (χ3n) is 16.7. The van der Waals surface area contributed by atoms with E-state index < -0.39 is 5.41 Å². The first kappa shape index (κ1) is 46.4. The van der Waals surface area contributed by atoms with Crippen molar-refractivity contribution >= 4 is 32.8 Å². The summed E-state index contributed by atoms with van der Waals surface area (Å²) in [7, 11) is 0. The van der Waals surface area contributed by atoms with Gasteiger partial charge in [0.15, 0.2) is 0 Å². The second-order valence-corrected chi connectivity index (χ2v) is 21.8. The topological polar surface area (TPSA) is 35.9 Å². The minimum atomic E-state index is -0.526. The second kappa shape index (κ2) is 17.3. The molecular weight excluding hydrogens is 1130 g/mol. The van der Waals surface area contributed by atoms with Gasteiger partial charge in [-0.15, -0.1) is 29.7 Å². The molecule has 4 aliphatic rings. The Kier molecular flexibility index (Phi) is 10.3. The van der Waals surface area contributed by atoms with E-state index in [4.69, 9.17) is 9.72 Å². The number of rotatable bonds is 5. The monoisotopic (exact) mass is 1180 g/mol. The molecule has 10 aromatic carbocycles. The fraction of sp³-hybridized carbons (Fsp3) is 0.0833. The Labute approximate surface area is 467 Å². The van der Waals surface area contributed by atoms with Crippen LogP contribution in [-0.4, -0.2) is 14.1 Å². The number of hydrogen-bond donors (Lipinski definition) is 0. The van der Waals surface area contributed by atoms with Crippen LogP contribution in [0.1, 0.15) is 71.2 Å². The van der Waals surface area contributed by atoms with Gasteiger partial charge in [0, 0.05) is 50.2 Å². The molecule has 0 saturated carbocycles. The molecule has 0 spiro atoms. The van der Waals surface area contributed by atoms with Crippen LogP contribution in [0.5, 0.6) is 11.5 Å². The molecule has 17 rings (SSSR count). The molecule has 0 fully saturated rings. The minimum absolute atomic E-state index is 0. The number of hydrogen-bond acceptors (Lipinski definition) is 2. The van der Waals surface area contributed by atoms with Crippen molar-refractivity contribution in [1.82, 2.24) is 14.1 Å². The molecule has 0 amide bonds. The number of benzene rings is 10. The molecule has 4 heterocycles. The molecule has 5 nitrogen and oxygen atoms in total. The number of nitrogens with zero attached hydrogens (tertiary/aromatic N) is 4. The number of pyridine rings is 1. The van der Waals surface area contributed by atoms with Crippen molar-refractivity contribution in [2.24, 2.45) is 0 Å². The maximum atomic E-state index is 6.76. The van der Waals surface area contributed by atoms with Gasteiger partial charge < -0.3 is 13.9 Å². The largest absolute Gasteiger partial charge is 0.510 e. The van der Waals surface area contributed by atoms with Crippen molar-refractivity contribution in [2.75, 3.05) is 0 Å². The second-order valence-electron chi connectivity index (χ2n) is 21.8. The Morgan fingerprint density at radius 2 is 1.12 bits per heavy atom. The molecule has 1 aliphatic heterocycles. The van der Waals surface area contributed by atoms with Crippen LogP contribution in [0.4, 0.5) is 0 Å². The van der Waals surface area contributed by atoms with E-state index in [0.29, 0.717) is 11.5 Å². The first-order chi connectivity index (χ1) is 37.8. The van der Waals surface area contributed by atoms with Gasteiger partial charge in [-0.2, -0.15) is 18.2 Å². The first-order valence-electron chi connectivity index (χ1n) is 26.6. The predicted octanol–water partition coefficient (Wildman–Crippen LogP) is 16.4. The summed E-state index contributed by atoms with van der Waals surface area (Å²) in [5.74, 6) is 2.19. The van der Waals surface area contributed by atoms with Crippen molar-refractivity contribution in [1.29, 1.82) is 0 Å². The normalized spacial score (nSPS) is 15.4. The van der Waals surface area contributed by atoms with Gasteiger partial charge in [-0.1, -0.05) is 190 Å². The maximum absolute atomic E-state index is 6.76. The molecule has 3 aromatic heterocycles. The molecule has 0 atom stereocenters. The molecule has 13 aromatic rings. The molecule has 6 heteroatoms. The van der Waals surface area contributed by atoms with E-state index in [0.717, 1.165) is 72.3 Å². The van der Waals surface area contributed by atoms with E-state index in [9.17, 15) is 0 Å². The summed E-state index contributed by atoms with van der Waals surface area (Å²) in [6, 6.07) is 89.5. The summed E-state index contributed by atoms with van der Waals surface area (Å²) in [6.07, 6.45) is 5.78. The van der Waals surface area contributed by atoms with Gasteiger partial charge in [-0.25, -0.2) is 4.98 Å². The Morgan fingerprint density at radius 1 is 0.513 bits per heavy atom. The number of imidazole rings is 1. The van der Waals surface area contributed by atoms with Crippen LogP contribution >= 0.6 is 0 Å². The molecule has 3 aliphatic carbocycles. The maximum Gasteiger partial charge on any atom is 0.268 e. The molecule has 0 N–H and O–H groups in total. The average Bonchev–Trinajstić information content (AvgIpc) is 3.41. The number of para-hydroxylation sites is 3. The van der Waals surface area contributed by atoms with Gasteiger partial charge in [0.05, 0.1) is 22.1 Å². The van der Waals surface area contributed by atoms with E-state index >= 15 is 0 Å². The number of aromatic nitrogens is 4. The molecular formula is C72H48N4OPt-2. The third kappa shape index (κ3) is 6.58. The minimum Gasteiger partial charge on any atom is -0.510 e. The fourth-order valence-electron chi connectivity index (χ4n) is 13.4. The number of fused-ring (bicyclic) bond motifs is 10. The van der Waals surface area contributed by atoms with Crippen molar-refractivity contribution in [2.45, 2.75) is 37.5 Å². The summed E-state index contributed by atoms with van der Waals surface area (Å²) < 4.78 is 13.4. The Bertz CT molecular complexity index is 4510.